The molecule has 0 aliphatic carbocycles. The first kappa shape index (κ1) is 9.02. The lowest BCUT2D eigenvalue weighted by Gasteiger charge is -1.99. The highest BCUT2D eigenvalue weighted by Crippen LogP contribution is 2.04. The fourth-order valence-electron chi connectivity index (χ4n) is 0.504. The van der Waals surface area contributed by atoms with E-state index in [1.54, 1.807) is 13.2 Å². The van der Waals surface area contributed by atoms with Crippen molar-refractivity contribution in [3.63, 3.8) is 0 Å². The van der Waals surface area contributed by atoms with Gasteiger partial charge in [-0.05, 0) is 18.6 Å². The van der Waals surface area contributed by atoms with Crippen LogP contribution in [-0.4, -0.2) is 7.11 Å². The van der Waals surface area contributed by atoms with Gasteiger partial charge in [-0.15, -0.1) is 0 Å². The van der Waals surface area contributed by atoms with Gasteiger partial charge in [-0.3, -0.25) is 0 Å². The minimum Gasteiger partial charge on any atom is -0.497 e. The van der Waals surface area contributed by atoms with Crippen LogP contribution < -0.4 is 0 Å². The molecular formula is C9H14O. The van der Waals surface area contributed by atoms with Crippen molar-refractivity contribution in [1.29, 1.82) is 0 Å². The maximum absolute atomic E-state index is 4.95. The van der Waals surface area contributed by atoms with Crippen molar-refractivity contribution in [2.24, 2.45) is 0 Å². The van der Waals surface area contributed by atoms with Gasteiger partial charge in [-0.2, -0.15) is 0 Å². The van der Waals surface area contributed by atoms with Crippen LogP contribution in [0.5, 0.6) is 0 Å². The Morgan fingerprint density at radius 2 is 2.20 bits per heavy atom. The molecule has 0 saturated heterocycles. The molecule has 0 fully saturated rings. The van der Waals surface area contributed by atoms with E-state index in [2.05, 4.69) is 20.1 Å². The lowest BCUT2D eigenvalue weighted by atomic mass is 10.2. The van der Waals surface area contributed by atoms with E-state index in [4.69, 9.17) is 4.74 Å². The summed E-state index contributed by atoms with van der Waals surface area (Å²) in [6.45, 7) is 9.44. The number of hydrogen-bond acceptors (Lipinski definition) is 1. The Kier molecular flexibility index (Phi) is 4.38. The summed E-state index contributed by atoms with van der Waals surface area (Å²) in [6, 6.07) is 0. The highest BCUT2D eigenvalue weighted by molar-refractivity contribution is 5.22. The average molecular weight is 138 g/mol. The number of ether oxygens (including phenoxy) is 1. The van der Waals surface area contributed by atoms with Crippen molar-refractivity contribution < 1.29 is 4.74 Å². The van der Waals surface area contributed by atoms with Crippen LogP contribution in [0, 0.1) is 0 Å². The highest BCUT2D eigenvalue weighted by Gasteiger charge is 1.88. The number of methoxy groups -OCH3 is 1. The van der Waals surface area contributed by atoms with E-state index < -0.39 is 0 Å². The zero-order chi connectivity index (χ0) is 7.98. The molecule has 0 aromatic heterocycles. The van der Waals surface area contributed by atoms with Gasteiger partial charge in [0.25, 0.3) is 0 Å². The fraction of sp³-hybridized carbons (Fsp3) is 0.333. The third-order valence-corrected chi connectivity index (χ3v) is 1.24. The van der Waals surface area contributed by atoms with Gasteiger partial charge in [0.2, 0.25) is 0 Å². The summed E-state index contributed by atoms with van der Waals surface area (Å²) in [6.07, 6.45) is 4.49. The summed E-state index contributed by atoms with van der Waals surface area (Å²) in [5, 5.41) is 0. The van der Waals surface area contributed by atoms with Crippen molar-refractivity contribution in [1.82, 2.24) is 0 Å². The maximum Gasteiger partial charge on any atom is 0.118 e. The van der Waals surface area contributed by atoms with Crippen molar-refractivity contribution in [2.45, 2.75) is 13.3 Å². The summed E-state index contributed by atoms with van der Waals surface area (Å²) in [7, 11) is 1.62. The Morgan fingerprint density at radius 3 is 2.50 bits per heavy atom. The number of rotatable bonds is 4. The molecule has 0 amide bonds. The van der Waals surface area contributed by atoms with Gasteiger partial charge in [-0.25, -0.2) is 0 Å². The van der Waals surface area contributed by atoms with Crippen LogP contribution in [0.25, 0.3) is 0 Å². The molecule has 0 N–H and O–H groups in total. The van der Waals surface area contributed by atoms with Crippen molar-refractivity contribution >= 4 is 0 Å². The summed E-state index contributed by atoms with van der Waals surface area (Å²) in [5.41, 5.74) is 1.05. The van der Waals surface area contributed by atoms with Crippen LogP contribution in [0.1, 0.15) is 13.3 Å². The lowest BCUT2D eigenvalue weighted by Crippen LogP contribution is -1.81. The molecule has 0 aliphatic rings. The van der Waals surface area contributed by atoms with Crippen LogP contribution >= 0.6 is 0 Å². The van der Waals surface area contributed by atoms with Crippen LogP contribution in [0.3, 0.4) is 0 Å². The highest BCUT2D eigenvalue weighted by atomic mass is 16.5. The predicted molar refractivity (Wildman–Crippen MR) is 44.7 cm³/mol. The average Bonchev–Trinajstić information content (AvgIpc) is 1.99. The first-order chi connectivity index (χ1) is 4.74. The zero-order valence-electron chi connectivity index (χ0n) is 6.68. The molecule has 0 bridgehead atoms. The Hall–Kier alpha value is -0.980. The van der Waals surface area contributed by atoms with E-state index in [1.807, 2.05) is 6.08 Å². The van der Waals surface area contributed by atoms with Gasteiger partial charge >= 0.3 is 0 Å². The largest absolute Gasteiger partial charge is 0.497 e. The van der Waals surface area contributed by atoms with Crippen LogP contribution in [0.15, 0.2) is 36.6 Å². The van der Waals surface area contributed by atoms with Gasteiger partial charge in [0.05, 0.1) is 7.11 Å². The molecule has 1 nitrogen and oxygen atoms in total. The molecule has 0 aliphatic heterocycles. The van der Waals surface area contributed by atoms with Crippen LogP contribution in [-0.2, 0) is 4.74 Å². The van der Waals surface area contributed by atoms with Crippen molar-refractivity contribution in [3.8, 4) is 0 Å². The van der Waals surface area contributed by atoms with Crippen LogP contribution in [0.2, 0.25) is 0 Å². The molecular weight excluding hydrogens is 124 g/mol. The standard InChI is InChI=1S/C9H14O/c1-5-8(3)7-9(6-2)10-4/h6-7H,2-3,5H2,1,4H3/b9-7+. The van der Waals surface area contributed by atoms with Gasteiger partial charge in [0, 0.05) is 0 Å². The van der Waals surface area contributed by atoms with E-state index in [1.165, 1.54) is 0 Å². The fourth-order valence-corrected chi connectivity index (χ4v) is 0.504. The number of allylic oxidation sites excluding steroid dienone is 3. The quantitative estimate of drug-likeness (QED) is 0.428. The molecule has 10 heavy (non-hydrogen) atoms. The monoisotopic (exact) mass is 138 g/mol. The summed E-state index contributed by atoms with van der Waals surface area (Å²) in [5.74, 6) is 0.770. The first-order valence-corrected chi connectivity index (χ1v) is 3.30. The molecule has 0 unspecified atom stereocenters. The SMILES string of the molecule is C=C/C(=C\C(=C)CC)OC. The first-order valence-electron chi connectivity index (χ1n) is 3.30. The summed E-state index contributed by atoms with van der Waals surface area (Å²) in [4.78, 5) is 0. The molecule has 0 atom stereocenters. The second-order valence-corrected chi connectivity index (χ2v) is 1.97. The summed E-state index contributed by atoms with van der Waals surface area (Å²) >= 11 is 0. The molecule has 0 saturated carbocycles. The molecule has 56 valence electrons. The van der Waals surface area contributed by atoms with Gasteiger partial charge < -0.3 is 4.74 Å². The van der Waals surface area contributed by atoms with Gasteiger partial charge in [0.15, 0.2) is 0 Å². The Balaban J connectivity index is 4.09. The molecule has 0 aromatic rings. The van der Waals surface area contributed by atoms with Crippen molar-refractivity contribution in [2.75, 3.05) is 7.11 Å². The Bertz CT molecular complexity index is 154. The minimum atomic E-state index is 0.770. The minimum absolute atomic E-state index is 0.770. The second-order valence-electron chi connectivity index (χ2n) is 1.97. The van der Waals surface area contributed by atoms with E-state index in [-0.39, 0.29) is 0 Å². The number of hydrogen-bond donors (Lipinski definition) is 0. The third-order valence-electron chi connectivity index (χ3n) is 1.24. The van der Waals surface area contributed by atoms with Crippen molar-refractivity contribution in [3.05, 3.63) is 36.6 Å². The molecule has 0 heterocycles. The Labute approximate surface area is 62.7 Å². The zero-order valence-corrected chi connectivity index (χ0v) is 6.68. The predicted octanol–water partition coefficient (Wildman–Crippen LogP) is 2.67. The molecule has 0 spiro atoms. The summed E-state index contributed by atoms with van der Waals surface area (Å²) < 4.78 is 4.95. The van der Waals surface area contributed by atoms with E-state index in [0.29, 0.717) is 0 Å². The topological polar surface area (TPSA) is 9.23 Å². The van der Waals surface area contributed by atoms with Crippen LogP contribution in [0.4, 0.5) is 0 Å². The molecule has 0 aromatic carbocycles. The normalized spacial score (nSPS) is 10.8. The lowest BCUT2D eigenvalue weighted by molar-refractivity contribution is 0.306. The third kappa shape index (κ3) is 3.13. The Morgan fingerprint density at radius 1 is 1.60 bits per heavy atom. The van der Waals surface area contributed by atoms with E-state index in [9.17, 15) is 0 Å². The van der Waals surface area contributed by atoms with Gasteiger partial charge in [-0.1, -0.05) is 25.7 Å². The smallest absolute Gasteiger partial charge is 0.118 e. The van der Waals surface area contributed by atoms with E-state index >= 15 is 0 Å². The molecule has 0 radical (unpaired) electrons. The second kappa shape index (κ2) is 4.86. The molecule has 0 rings (SSSR count). The van der Waals surface area contributed by atoms with E-state index in [0.717, 1.165) is 17.8 Å². The van der Waals surface area contributed by atoms with Gasteiger partial charge in [0.1, 0.15) is 5.76 Å². The maximum atomic E-state index is 4.95. The molecule has 1 heteroatoms.